The van der Waals surface area contributed by atoms with E-state index in [4.69, 9.17) is 9.47 Å². The number of likely N-dealkylation sites (tertiary alicyclic amines) is 1. The van der Waals surface area contributed by atoms with Crippen molar-refractivity contribution in [1.82, 2.24) is 4.90 Å². The summed E-state index contributed by atoms with van der Waals surface area (Å²) in [5.41, 5.74) is -1.18. The second-order valence-electron chi connectivity index (χ2n) is 7.87. The molecule has 6 nitrogen and oxygen atoms in total. The quantitative estimate of drug-likeness (QED) is 0.604. The molecule has 0 saturated carbocycles. The number of aliphatic hydroxyl groups excluding tert-OH is 2. The van der Waals surface area contributed by atoms with Gasteiger partial charge in [0.1, 0.15) is 11.6 Å². The molecule has 1 saturated heterocycles. The SMILES string of the molecule is CC[C@H]1[C@@H](C(=O)OC(C)(C)C)N(C(O)OC(C)(C)C)C[C@@H]1O. The number of nitrogens with zero attached hydrogens (tertiary/aromatic N) is 1. The average Bonchev–Trinajstić information content (AvgIpc) is 2.61. The van der Waals surface area contributed by atoms with Crippen LogP contribution in [0.4, 0.5) is 0 Å². The second-order valence-corrected chi connectivity index (χ2v) is 7.87. The Morgan fingerprint density at radius 1 is 1.23 bits per heavy atom. The standard InChI is InChI=1S/C16H31NO5/c1-8-10-11(18)9-17(14(20)22-16(5,6)7)12(10)13(19)21-15(2,3)4/h10-12,14,18,20H,8-9H2,1-7H3/t10-,11+,12+,14?/m1/s1. The molecule has 1 fully saturated rings. The van der Waals surface area contributed by atoms with Gasteiger partial charge in [-0.2, -0.15) is 0 Å². The van der Waals surface area contributed by atoms with E-state index in [0.717, 1.165) is 0 Å². The number of rotatable bonds is 4. The van der Waals surface area contributed by atoms with Crippen LogP contribution in [0.2, 0.25) is 0 Å². The summed E-state index contributed by atoms with van der Waals surface area (Å²) in [5.74, 6) is -0.722. The molecule has 0 aliphatic carbocycles. The third kappa shape index (κ3) is 5.19. The first-order valence-corrected chi connectivity index (χ1v) is 7.88. The lowest BCUT2D eigenvalue weighted by atomic mass is 9.95. The van der Waals surface area contributed by atoms with E-state index in [9.17, 15) is 15.0 Å². The average molecular weight is 317 g/mol. The maximum absolute atomic E-state index is 12.5. The summed E-state index contributed by atoms with van der Waals surface area (Å²) in [6, 6.07) is -0.712. The van der Waals surface area contributed by atoms with Crippen LogP contribution < -0.4 is 0 Å². The van der Waals surface area contributed by atoms with Gasteiger partial charge in [0.05, 0.1) is 11.7 Å². The maximum atomic E-state index is 12.5. The minimum absolute atomic E-state index is 0.180. The molecule has 0 aromatic carbocycles. The number of hydrogen-bond acceptors (Lipinski definition) is 6. The molecule has 1 aliphatic heterocycles. The van der Waals surface area contributed by atoms with Crippen LogP contribution in [0.5, 0.6) is 0 Å². The number of carbonyl (C=O) groups excluding carboxylic acids is 1. The maximum Gasteiger partial charge on any atom is 0.324 e. The summed E-state index contributed by atoms with van der Waals surface area (Å²) in [5, 5.41) is 20.5. The van der Waals surface area contributed by atoms with Crippen molar-refractivity contribution in [2.75, 3.05) is 6.54 Å². The molecule has 4 atom stereocenters. The van der Waals surface area contributed by atoms with E-state index in [0.29, 0.717) is 6.42 Å². The fraction of sp³-hybridized carbons (Fsp3) is 0.938. The first-order valence-electron chi connectivity index (χ1n) is 7.88. The number of hydrogen-bond donors (Lipinski definition) is 2. The van der Waals surface area contributed by atoms with Crippen LogP contribution in [0, 0.1) is 5.92 Å². The van der Waals surface area contributed by atoms with Crippen LogP contribution in [0.15, 0.2) is 0 Å². The zero-order chi connectivity index (χ0) is 17.3. The summed E-state index contributed by atoms with van der Waals surface area (Å²) in [4.78, 5) is 14.0. The first kappa shape index (κ1) is 19.4. The normalized spacial score (nSPS) is 28.7. The van der Waals surface area contributed by atoms with Crippen LogP contribution in [0.1, 0.15) is 54.9 Å². The van der Waals surface area contributed by atoms with Crippen LogP contribution in [0.25, 0.3) is 0 Å². The van der Waals surface area contributed by atoms with Gasteiger partial charge in [0.25, 0.3) is 0 Å². The molecular weight excluding hydrogens is 286 g/mol. The molecule has 1 rings (SSSR count). The van der Waals surface area contributed by atoms with Crippen LogP contribution in [-0.4, -0.2) is 57.4 Å². The van der Waals surface area contributed by atoms with Gasteiger partial charge in [0.2, 0.25) is 6.41 Å². The predicted molar refractivity (Wildman–Crippen MR) is 83.0 cm³/mol. The van der Waals surface area contributed by atoms with Crippen molar-refractivity contribution in [1.29, 1.82) is 0 Å². The van der Waals surface area contributed by atoms with E-state index in [1.54, 1.807) is 20.8 Å². The fourth-order valence-electron chi connectivity index (χ4n) is 2.70. The minimum atomic E-state index is -1.26. The predicted octanol–water partition coefficient (Wildman–Crippen LogP) is 1.49. The lowest BCUT2D eigenvalue weighted by Crippen LogP contribution is -2.50. The Hall–Kier alpha value is -0.690. The van der Waals surface area contributed by atoms with Gasteiger partial charge in [-0.3, -0.25) is 4.79 Å². The third-order valence-electron chi connectivity index (χ3n) is 3.52. The van der Waals surface area contributed by atoms with Crippen molar-refractivity contribution in [3.63, 3.8) is 0 Å². The Labute approximate surface area is 133 Å². The molecule has 0 amide bonds. The van der Waals surface area contributed by atoms with Gasteiger partial charge in [-0.05, 0) is 48.0 Å². The van der Waals surface area contributed by atoms with E-state index >= 15 is 0 Å². The van der Waals surface area contributed by atoms with Gasteiger partial charge in [-0.1, -0.05) is 6.92 Å². The number of esters is 1. The lowest BCUT2D eigenvalue weighted by molar-refractivity contribution is -0.247. The second kappa shape index (κ2) is 6.83. The molecule has 0 spiro atoms. The summed E-state index contributed by atoms with van der Waals surface area (Å²) < 4.78 is 11.0. The Kier molecular flexibility index (Phi) is 6.01. The minimum Gasteiger partial charge on any atom is -0.459 e. The van der Waals surface area contributed by atoms with E-state index in [2.05, 4.69) is 0 Å². The third-order valence-corrected chi connectivity index (χ3v) is 3.52. The Morgan fingerprint density at radius 3 is 2.18 bits per heavy atom. The van der Waals surface area contributed by atoms with E-state index in [1.807, 2.05) is 27.7 Å². The molecule has 0 bridgehead atoms. The molecular formula is C16H31NO5. The molecule has 0 aromatic heterocycles. The molecule has 130 valence electrons. The number of ether oxygens (including phenoxy) is 2. The molecule has 1 aliphatic rings. The van der Waals surface area contributed by atoms with Crippen molar-refractivity contribution in [3.05, 3.63) is 0 Å². The van der Waals surface area contributed by atoms with Crippen LogP contribution >= 0.6 is 0 Å². The highest BCUT2D eigenvalue weighted by atomic mass is 16.6. The molecule has 1 heterocycles. The highest BCUT2D eigenvalue weighted by Gasteiger charge is 2.49. The lowest BCUT2D eigenvalue weighted by Gasteiger charge is -2.34. The van der Waals surface area contributed by atoms with Crippen LogP contribution in [-0.2, 0) is 14.3 Å². The van der Waals surface area contributed by atoms with Gasteiger partial charge in [-0.15, -0.1) is 0 Å². The Morgan fingerprint density at radius 2 is 1.77 bits per heavy atom. The molecule has 0 aromatic rings. The van der Waals surface area contributed by atoms with Crippen LogP contribution in [0.3, 0.4) is 0 Å². The summed E-state index contributed by atoms with van der Waals surface area (Å²) in [6.07, 6.45) is -1.34. The number of carbonyl (C=O) groups is 1. The topological polar surface area (TPSA) is 79.2 Å². The monoisotopic (exact) mass is 317 g/mol. The zero-order valence-electron chi connectivity index (χ0n) is 14.8. The molecule has 0 radical (unpaired) electrons. The molecule has 1 unspecified atom stereocenters. The highest BCUT2D eigenvalue weighted by molar-refractivity contribution is 5.77. The van der Waals surface area contributed by atoms with Crippen molar-refractivity contribution in [3.8, 4) is 0 Å². The first-order chi connectivity index (χ1) is 9.85. The van der Waals surface area contributed by atoms with Gasteiger partial charge < -0.3 is 19.7 Å². The number of aliphatic hydroxyl groups is 2. The summed E-state index contributed by atoms with van der Waals surface area (Å²) in [6.45, 7) is 12.9. The largest absolute Gasteiger partial charge is 0.459 e. The Balaban J connectivity index is 2.96. The molecule has 6 heteroatoms. The van der Waals surface area contributed by atoms with Gasteiger partial charge in [-0.25, -0.2) is 4.90 Å². The molecule has 2 N–H and O–H groups in total. The van der Waals surface area contributed by atoms with Crippen molar-refractivity contribution < 1.29 is 24.5 Å². The zero-order valence-corrected chi connectivity index (χ0v) is 14.8. The Bertz CT molecular complexity index is 385. The van der Waals surface area contributed by atoms with E-state index in [1.165, 1.54) is 4.90 Å². The van der Waals surface area contributed by atoms with Gasteiger partial charge in [0.15, 0.2) is 0 Å². The fourth-order valence-corrected chi connectivity index (χ4v) is 2.70. The smallest absolute Gasteiger partial charge is 0.324 e. The van der Waals surface area contributed by atoms with Gasteiger partial charge in [0, 0.05) is 12.5 Å². The van der Waals surface area contributed by atoms with Crippen molar-refractivity contribution in [2.24, 2.45) is 5.92 Å². The molecule has 22 heavy (non-hydrogen) atoms. The van der Waals surface area contributed by atoms with E-state index in [-0.39, 0.29) is 12.5 Å². The summed E-state index contributed by atoms with van der Waals surface area (Å²) >= 11 is 0. The van der Waals surface area contributed by atoms with E-state index < -0.39 is 35.7 Å². The van der Waals surface area contributed by atoms with Gasteiger partial charge >= 0.3 is 5.97 Å². The van der Waals surface area contributed by atoms with Crippen molar-refractivity contribution >= 4 is 5.97 Å². The number of β-amino-alcohol motifs (C(OH)–C–C–N with tert-alkyl or cyclic N) is 1. The summed E-state index contributed by atoms with van der Waals surface area (Å²) in [7, 11) is 0. The van der Waals surface area contributed by atoms with Crippen molar-refractivity contribution in [2.45, 2.75) is 84.6 Å². The highest BCUT2D eigenvalue weighted by Crippen LogP contribution is 2.32.